The Kier molecular flexibility index (Phi) is 6.88. The van der Waals surface area contributed by atoms with Gasteiger partial charge in [0.1, 0.15) is 5.82 Å². The van der Waals surface area contributed by atoms with E-state index in [0.29, 0.717) is 34.8 Å². The van der Waals surface area contributed by atoms with E-state index in [1.165, 1.54) is 23.1 Å². The Morgan fingerprint density at radius 2 is 2.07 bits per heavy atom. The Labute approximate surface area is 171 Å². The van der Waals surface area contributed by atoms with Crippen molar-refractivity contribution in [3.63, 3.8) is 0 Å². The summed E-state index contributed by atoms with van der Waals surface area (Å²) in [7, 11) is 3.22. The highest BCUT2D eigenvalue weighted by Gasteiger charge is 2.15. The molecule has 0 fully saturated rings. The largest absolute Gasteiger partial charge is 0.493 e. The van der Waals surface area contributed by atoms with Crippen molar-refractivity contribution in [1.82, 2.24) is 19.7 Å². The van der Waals surface area contributed by atoms with Crippen LogP contribution in [-0.2, 0) is 17.8 Å². The summed E-state index contributed by atoms with van der Waals surface area (Å²) in [6.45, 7) is 2.74. The van der Waals surface area contributed by atoms with Crippen LogP contribution in [0.4, 0.5) is 5.13 Å². The van der Waals surface area contributed by atoms with Crippen molar-refractivity contribution in [2.45, 2.75) is 25.0 Å². The first-order valence-electron chi connectivity index (χ1n) is 8.59. The highest BCUT2D eigenvalue weighted by molar-refractivity contribution is 7.99. The van der Waals surface area contributed by atoms with Gasteiger partial charge in [-0.25, -0.2) is 4.98 Å². The molecule has 0 aliphatic rings. The summed E-state index contributed by atoms with van der Waals surface area (Å²) in [4.78, 5) is 16.1. The SMILES string of the molecule is CCn1c(Cc2ccc(OC)c(OC)c2)nnc1SCC(=O)Nc1nccs1. The van der Waals surface area contributed by atoms with Crippen molar-refractivity contribution in [1.29, 1.82) is 0 Å². The Hall–Kier alpha value is -2.59. The molecule has 10 heteroatoms. The van der Waals surface area contributed by atoms with Gasteiger partial charge in [0.25, 0.3) is 0 Å². The summed E-state index contributed by atoms with van der Waals surface area (Å²) in [5.41, 5.74) is 1.04. The topological polar surface area (TPSA) is 91.2 Å². The third-order valence-corrected chi connectivity index (χ3v) is 5.59. The van der Waals surface area contributed by atoms with Crippen LogP contribution >= 0.6 is 23.1 Å². The van der Waals surface area contributed by atoms with Crippen LogP contribution in [0, 0.1) is 0 Å². The fourth-order valence-electron chi connectivity index (χ4n) is 2.62. The Balaban J connectivity index is 1.67. The molecular formula is C18H21N5O3S2. The van der Waals surface area contributed by atoms with E-state index >= 15 is 0 Å². The van der Waals surface area contributed by atoms with Gasteiger partial charge in [-0.1, -0.05) is 17.8 Å². The molecule has 0 saturated carbocycles. The van der Waals surface area contributed by atoms with E-state index in [9.17, 15) is 4.79 Å². The molecule has 0 atom stereocenters. The van der Waals surface area contributed by atoms with Crippen molar-refractivity contribution in [3.05, 3.63) is 41.2 Å². The number of nitrogens with zero attached hydrogens (tertiary/aromatic N) is 4. The summed E-state index contributed by atoms with van der Waals surface area (Å²) >= 11 is 2.74. The van der Waals surface area contributed by atoms with Crippen LogP contribution in [0.15, 0.2) is 34.9 Å². The number of aromatic nitrogens is 4. The van der Waals surface area contributed by atoms with Crippen molar-refractivity contribution in [2.24, 2.45) is 0 Å². The monoisotopic (exact) mass is 419 g/mol. The fourth-order valence-corrected chi connectivity index (χ4v) is 3.98. The average molecular weight is 420 g/mol. The van der Waals surface area contributed by atoms with Gasteiger partial charge in [0.2, 0.25) is 5.91 Å². The first-order valence-corrected chi connectivity index (χ1v) is 10.5. The van der Waals surface area contributed by atoms with Gasteiger partial charge in [0.15, 0.2) is 21.8 Å². The lowest BCUT2D eigenvalue weighted by atomic mass is 10.1. The molecule has 1 N–H and O–H groups in total. The predicted molar refractivity (Wildman–Crippen MR) is 110 cm³/mol. The minimum atomic E-state index is -0.118. The maximum absolute atomic E-state index is 12.1. The van der Waals surface area contributed by atoms with Crippen molar-refractivity contribution >= 4 is 34.1 Å². The van der Waals surface area contributed by atoms with E-state index in [0.717, 1.165) is 11.4 Å². The number of rotatable bonds is 9. The second-order valence-electron chi connectivity index (χ2n) is 5.68. The third-order valence-electron chi connectivity index (χ3n) is 3.93. The molecule has 3 aromatic rings. The van der Waals surface area contributed by atoms with E-state index in [1.54, 1.807) is 20.4 Å². The highest BCUT2D eigenvalue weighted by atomic mass is 32.2. The van der Waals surface area contributed by atoms with Crippen LogP contribution in [0.5, 0.6) is 11.5 Å². The molecule has 0 aliphatic heterocycles. The maximum Gasteiger partial charge on any atom is 0.236 e. The van der Waals surface area contributed by atoms with Crippen molar-refractivity contribution in [2.75, 3.05) is 25.3 Å². The molecule has 3 rings (SSSR count). The van der Waals surface area contributed by atoms with Crippen molar-refractivity contribution < 1.29 is 14.3 Å². The van der Waals surface area contributed by atoms with Gasteiger partial charge in [0, 0.05) is 24.5 Å². The molecule has 8 nitrogen and oxygen atoms in total. The zero-order valence-electron chi connectivity index (χ0n) is 15.8. The number of hydrogen-bond donors (Lipinski definition) is 1. The molecular weight excluding hydrogens is 398 g/mol. The van der Waals surface area contributed by atoms with E-state index in [4.69, 9.17) is 9.47 Å². The molecule has 2 heterocycles. The summed E-state index contributed by atoms with van der Waals surface area (Å²) in [6.07, 6.45) is 2.26. The minimum Gasteiger partial charge on any atom is -0.493 e. The van der Waals surface area contributed by atoms with Crippen LogP contribution in [-0.4, -0.2) is 45.6 Å². The van der Waals surface area contributed by atoms with Gasteiger partial charge < -0.3 is 19.4 Å². The molecule has 0 bridgehead atoms. The zero-order valence-corrected chi connectivity index (χ0v) is 17.5. The van der Waals surface area contributed by atoms with Gasteiger partial charge in [-0.05, 0) is 24.6 Å². The number of nitrogens with one attached hydrogen (secondary N) is 1. The number of methoxy groups -OCH3 is 2. The van der Waals surface area contributed by atoms with Gasteiger partial charge in [0.05, 0.1) is 20.0 Å². The number of hydrogen-bond acceptors (Lipinski definition) is 8. The first kappa shape index (κ1) is 20.2. The second-order valence-corrected chi connectivity index (χ2v) is 7.52. The number of amides is 1. The zero-order chi connectivity index (χ0) is 19.9. The molecule has 0 aliphatic carbocycles. The molecule has 1 aromatic carbocycles. The predicted octanol–water partition coefficient (Wildman–Crippen LogP) is 3.09. The lowest BCUT2D eigenvalue weighted by molar-refractivity contribution is -0.113. The summed E-state index contributed by atoms with van der Waals surface area (Å²) < 4.78 is 12.7. The number of thioether (sulfide) groups is 1. The van der Waals surface area contributed by atoms with Crippen LogP contribution in [0.25, 0.3) is 0 Å². The summed E-state index contributed by atoms with van der Waals surface area (Å²) in [6, 6.07) is 5.78. The maximum atomic E-state index is 12.1. The van der Waals surface area contributed by atoms with E-state index in [-0.39, 0.29) is 11.7 Å². The van der Waals surface area contributed by atoms with E-state index < -0.39 is 0 Å². The van der Waals surface area contributed by atoms with Crippen LogP contribution < -0.4 is 14.8 Å². The summed E-state index contributed by atoms with van der Waals surface area (Å²) in [5, 5.41) is 14.5. The molecule has 0 unspecified atom stereocenters. The number of anilines is 1. The highest BCUT2D eigenvalue weighted by Crippen LogP contribution is 2.28. The Bertz CT molecular complexity index is 927. The normalized spacial score (nSPS) is 10.7. The standard InChI is InChI=1S/C18H21N5O3S2/c1-4-23-15(10-12-5-6-13(25-2)14(9-12)26-3)21-22-18(23)28-11-16(24)20-17-19-7-8-27-17/h5-9H,4,10-11H2,1-3H3,(H,19,20,24). The number of ether oxygens (including phenoxy) is 2. The molecule has 0 radical (unpaired) electrons. The Morgan fingerprint density at radius 3 is 2.75 bits per heavy atom. The van der Waals surface area contributed by atoms with Gasteiger partial charge in [-0.15, -0.1) is 21.5 Å². The van der Waals surface area contributed by atoms with E-state index in [1.807, 2.05) is 35.1 Å². The van der Waals surface area contributed by atoms with Crippen molar-refractivity contribution in [3.8, 4) is 11.5 Å². The average Bonchev–Trinajstić information content (AvgIpc) is 3.35. The number of carbonyl (C=O) groups is 1. The van der Waals surface area contributed by atoms with Crippen LogP contribution in [0.1, 0.15) is 18.3 Å². The number of benzene rings is 1. The number of carbonyl (C=O) groups excluding carboxylic acids is 1. The fraction of sp³-hybridized carbons (Fsp3) is 0.333. The first-order chi connectivity index (χ1) is 13.6. The summed E-state index contributed by atoms with van der Waals surface area (Å²) in [5.74, 6) is 2.32. The molecule has 28 heavy (non-hydrogen) atoms. The lowest BCUT2D eigenvalue weighted by Crippen LogP contribution is -2.14. The molecule has 148 valence electrons. The molecule has 0 saturated heterocycles. The van der Waals surface area contributed by atoms with E-state index in [2.05, 4.69) is 20.5 Å². The smallest absolute Gasteiger partial charge is 0.236 e. The van der Waals surface area contributed by atoms with Crippen LogP contribution in [0.2, 0.25) is 0 Å². The molecule has 0 spiro atoms. The van der Waals surface area contributed by atoms with Gasteiger partial charge in [-0.3, -0.25) is 4.79 Å². The number of thiazole rings is 1. The van der Waals surface area contributed by atoms with Crippen LogP contribution in [0.3, 0.4) is 0 Å². The lowest BCUT2D eigenvalue weighted by Gasteiger charge is -2.10. The third kappa shape index (κ3) is 4.82. The van der Waals surface area contributed by atoms with Gasteiger partial charge >= 0.3 is 0 Å². The quantitative estimate of drug-likeness (QED) is 0.533. The molecule has 2 aromatic heterocycles. The Morgan fingerprint density at radius 1 is 1.25 bits per heavy atom. The van der Waals surface area contributed by atoms with Gasteiger partial charge in [-0.2, -0.15) is 0 Å². The molecule has 1 amide bonds. The second kappa shape index (κ2) is 9.56. The minimum absolute atomic E-state index is 0.118.